The van der Waals surface area contributed by atoms with Crippen LogP contribution in [-0.2, 0) is 10.5 Å². The average molecular weight is 431 g/mol. The predicted molar refractivity (Wildman–Crippen MR) is 121 cm³/mol. The minimum absolute atomic E-state index is 0.0501. The molecule has 1 atom stereocenters. The Balaban J connectivity index is 1.57. The van der Waals surface area contributed by atoms with Crippen LogP contribution in [0.5, 0.6) is 0 Å². The zero-order valence-corrected chi connectivity index (χ0v) is 17.8. The zero-order valence-electron chi connectivity index (χ0n) is 17.0. The van der Waals surface area contributed by atoms with Crippen LogP contribution in [0.3, 0.4) is 0 Å². The molecule has 0 aliphatic carbocycles. The van der Waals surface area contributed by atoms with E-state index in [2.05, 4.69) is 17.1 Å². The Morgan fingerprint density at radius 3 is 2.65 bits per heavy atom. The van der Waals surface area contributed by atoms with E-state index < -0.39 is 0 Å². The van der Waals surface area contributed by atoms with Gasteiger partial charge in [0, 0.05) is 23.5 Å². The van der Waals surface area contributed by atoms with E-state index in [-0.39, 0.29) is 6.23 Å². The van der Waals surface area contributed by atoms with Crippen LogP contribution in [0.4, 0.5) is 0 Å². The molecule has 0 bridgehead atoms. The molecule has 0 spiro atoms. The summed E-state index contributed by atoms with van der Waals surface area (Å²) in [5, 5.41) is 0.845. The number of carbonyl (C=O) groups excluding carboxylic acids is 1. The van der Waals surface area contributed by atoms with E-state index in [1.807, 2.05) is 41.2 Å². The third kappa shape index (κ3) is 4.24. The molecule has 5 rings (SSSR count). The van der Waals surface area contributed by atoms with Gasteiger partial charge in [0.2, 0.25) is 0 Å². The van der Waals surface area contributed by atoms with Crippen molar-refractivity contribution in [2.45, 2.75) is 36.3 Å². The molecule has 31 heavy (non-hydrogen) atoms. The number of aldehydes is 1. The van der Waals surface area contributed by atoms with Gasteiger partial charge < -0.3 is 4.74 Å². The molecule has 1 saturated heterocycles. The maximum atomic E-state index is 11.0. The zero-order chi connectivity index (χ0) is 21.0. The fourth-order valence-corrected chi connectivity index (χ4v) is 4.64. The number of hydrogen-bond donors (Lipinski definition) is 0. The number of hydrogen-bond acceptors (Lipinski definition) is 6. The number of carbonyl (C=O) groups is 1. The Kier molecular flexibility index (Phi) is 5.78. The summed E-state index contributed by atoms with van der Waals surface area (Å²) in [6.07, 6.45) is 5.78. The second kappa shape index (κ2) is 8.99. The lowest BCUT2D eigenvalue weighted by atomic mass is 10.1. The highest BCUT2D eigenvalue weighted by molar-refractivity contribution is 7.98. The summed E-state index contributed by atoms with van der Waals surface area (Å²) in [6, 6.07) is 17.7. The minimum Gasteiger partial charge on any atom is -0.358 e. The van der Waals surface area contributed by atoms with Crippen LogP contribution >= 0.6 is 11.8 Å². The van der Waals surface area contributed by atoms with Crippen molar-refractivity contribution >= 4 is 29.2 Å². The van der Waals surface area contributed by atoms with Crippen LogP contribution in [0, 0.1) is 0 Å². The average Bonchev–Trinajstić information content (AvgIpc) is 3.28. The summed E-state index contributed by atoms with van der Waals surface area (Å²) >= 11 is 1.66. The molecule has 0 N–H and O–H groups in total. The summed E-state index contributed by atoms with van der Waals surface area (Å²) in [7, 11) is 0. The third-order valence-electron chi connectivity index (χ3n) is 5.38. The van der Waals surface area contributed by atoms with E-state index in [0.717, 1.165) is 59.7 Å². The van der Waals surface area contributed by atoms with Crippen LogP contribution < -0.4 is 0 Å². The van der Waals surface area contributed by atoms with Gasteiger partial charge in [0.05, 0.1) is 6.33 Å². The van der Waals surface area contributed by atoms with E-state index in [0.29, 0.717) is 11.4 Å². The highest BCUT2D eigenvalue weighted by Crippen LogP contribution is 2.32. The fourth-order valence-electron chi connectivity index (χ4n) is 3.71. The quantitative estimate of drug-likeness (QED) is 0.235. The number of rotatable bonds is 6. The molecule has 0 saturated carbocycles. The van der Waals surface area contributed by atoms with Crippen LogP contribution in [0.2, 0.25) is 0 Å². The van der Waals surface area contributed by atoms with Crippen LogP contribution in [0.25, 0.3) is 22.6 Å². The maximum Gasteiger partial charge on any atom is 0.167 e. The summed E-state index contributed by atoms with van der Waals surface area (Å²) in [4.78, 5) is 25.4. The second-order valence-corrected chi connectivity index (χ2v) is 8.48. The number of thioether (sulfide) groups is 1. The predicted octanol–water partition coefficient (Wildman–Crippen LogP) is 5.30. The molecular formula is C24H22N4O2S. The first-order chi connectivity index (χ1) is 15.3. The van der Waals surface area contributed by atoms with E-state index in [9.17, 15) is 4.79 Å². The lowest BCUT2D eigenvalue weighted by Gasteiger charge is -2.23. The monoisotopic (exact) mass is 430 g/mol. The van der Waals surface area contributed by atoms with Gasteiger partial charge in [-0.2, -0.15) is 0 Å². The van der Waals surface area contributed by atoms with Gasteiger partial charge in [-0.3, -0.25) is 9.36 Å². The topological polar surface area (TPSA) is 69.9 Å². The van der Waals surface area contributed by atoms with Crippen molar-refractivity contribution in [1.82, 2.24) is 19.5 Å². The number of benzene rings is 2. The molecule has 1 fully saturated rings. The van der Waals surface area contributed by atoms with Crippen molar-refractivity contribution in [2.75, 3.05) is 6.61 Å². The lowest BCUT2D eigenvalue weighted by molar-refractivity contribution is -0.0298. The lowest BCUT2D eigenvalue weighted by Crippen LogP contribution is -2.17. The number of ether oxygens (including phenoxy) is 1. The Labute approximate surface area is 184 Å². The van der Waals surface area contributed by atoms with Crippen molar-refractivity contribution in [2.24, 2.45) is 0 Å². The first kappa shape index (κ1) is 19.9. The number of fused-ring (bicyclic) bond motifs is 1. The Morgan fingerprint density at radius 2 is 1.90 bits per heavy atom. The summed E-state index contributed by atoms with van der Waals surface area (Å²) in [6.45, 7) is 0.755. The maximum absolute atomic E-state index is 11.0. The molecular weight excluding hydrogens is 408 g/mol. The Bertz CT molecular complexity index is 1190. The third-order valence-corrected chi connectivity index (χ3v) is 6.41. The molecule has 1 aliphatic heterocycles. The van der Waals surface area contributed by atoms with E-state index in [1.165, 1.54) is 5.56 Å². The Morgan fingerprint density at radius 1 is 1.06 bits per heavy atom. The first-order valence-corrected chi connectivity index (χ1v) is 11.4. The number of nitrogens with zero attached hydrogens (tertiary/aromatic N) is 4. The molecule has 0 radical (unpaired) electrons. The molecule has 0 amide bonds. The van der Waals surface area contributed by atoms with Gasteiger partial charge >= 0.3 is 0 Å². The standard InChI is InChI=1S/C24H22N4O2S/c29-14-17-9-11-19(12-10-17)22-26-23-21(25-16-28(23)20-8-4-5-13-30-20)24(27-22)31-15-18-6-2-1-3-7-18/h1-3,6-7,9-12,14,16,20H,4-5,8,13,15H2. The minimum atomic E-state index is -0.0501. The molecule has 7 heteroatoms. The van der Waals surface area contributed by atoms with Gasteiger partial charge in [0.1, 0.15) is 23.1 Å². The van der Waals surface area contributed by atoms with Crippen molar-refractivity contribution in [3.8, 4) is 11.4 Å². The van der Waals surface area contributed by atoms with Gasteiger partial charge in [0.15, 0.2) is 11.5 Å². The van der Waals surface area contributed by atoms with Crippen molar-refractivity contribution in [3.05, 3.63) is 72.1 Å². The van der Waals surface area contributed by atoms with Crippen LogP contribution in [0.15, 0.2) is 66.0 Å². The van der Waals surface area contributed by atoms with E-state index >= 15 is 0 Å². The van der Waals surface area contributed by atoms with Gasteiger partial charge in [-0.25, -0.2) is 15.0 Å². The molecule has 4 aromatic rings. The first-order valence-electron chi connectivity index (χ1n) is 10.4. The highest BCUT2D eigenvalue weighted by Gasteiger charge is 2.22. The highest BCUT2D eigenvalue weighted by atomic mass is 32.2. The van der Waals surface area contributed by atoms with Gasteiger partial charge in [-0.1, -0.05) is 66.4 Å². The van der Waals surface area contributed by atoms with Gasteiger partial charge in [-0.05, 0) is 24.8 Å². The van der Waals surface area contributed by atoms with E-state index in [4.69, 9.17) is 14.7 Å². The van der Waals surface area contributed by atoms with Crippen LogP contribution in [0.1, 0.15) is 41.4 Å². The van der Waals surface area contributed by atoms with E-state index in [1.54, 1.807) is 23.9 Å². The van der Waals surface area contributed by atoms with Crippen molar-refractivity contribution in [1.29, 1.82) is 0 Å². The molecule has 1 unspecified atom stereocenters. The van der Waals surface area contributed by atoms with Gasteiger partial charge in [-0.15, -0.1) is 0 Å². The summed E-state index contributed by atoms with van der Waals surface area (Å²) in [5.74, 6) is 1.42. The van der Waals surface area contributed by atoms with Crippen LogP contribution in [-0.4, -0.2) is 32.4 Å². The van der Waals surface area contributed by atoms with Crippen molar-refractivity contribution < 1.29 is 9.53 Å². The summed E-state index contributed by atoms with van der Waals surface area (Å²) in [5.41, 5.74) is 4.30. The number of aromatic nitrogens is 4. The van der Waals surface area contributed by atoms with Crippen molar-refractivity contribution in [3.63, 3.8) is 0 Å². The van der Waals surface area contributed by atoms with Gasteiger partial charge in [0.25, 0.3) is 0 Å². The molecule has 6 nitrogen and oxygen atoms in total. The molecule has 2 aromatic carbocycles. The molecule has 2 aromatic heterocycles. The smallest absolute Gasteiger partial charge is 0.167 e. The number of imidazole rings is 1. The summed E-state index contributed by atoms with van der Waals surface area (Å²) < 4.78 is 8.03. The Hall–Kier alpha value is -3.03. The molecule has 156 valence electrons. The second-order valence-electron chi connectivity index (χ2n) is 7.51. The molecule has 1 aliphatic rings. The normalized spacial score (nSPS) is 16.5. The fraction of sp³-hybridized carbons (Fsp3) is 0.250. The SMILES string of the molecule is O=Cc1ccc(-c2nc(SCc3ccccc3)c3ncn(C4CCCCO4)c3n2)cc1. The largest absolute Gasteiger partial charge is 0.358 e. The molecule has 3 heterocycles.